The highest BCUT2D eigenvalue weighted by atomic mass is 19.4. The highest BCUT2D eigenvalue weighted by Gasteiger charge is 2.65. The minimum Gasteiger partial charge on any atom is -0.334 e. The average Bonchev–Trinajstić information content (AvgIpc) is 2.28. The largest absolute Gasteiger partial charge is 0.463 e. The maximum Gasteiger partial charge on any atom is 0.463 e. The van der Waals surface area contributed by atoms with Gasteiger partial charge in [0.25, 0.3) is 0 Å². The van der Waals surface area contributed by atoms with E-state index in [9.17, 15) is 26.7 Å². The number of alkyl halides is 5. The number of hydrogen-bond acceptors (Lipinski definition) is 2. The Morgan fingerprint density at radius 3 is 2.33 bits per heavy atom. The van der Waals surface area contributed by atoms with Crippen molar-refractivity contribution in [3.63, 3.8) is 0 Å². The Morgan fingerprint density at radius 1 is 1.22 bits per heavy atom. The summed E-state index contributed by atoms with van der Waals surface area (Å²) in [4.78, 5) is 12.0. The molecule has 1 rings (SSSR count). The van der Waals surface area contributed by atoms with E-state index in [0.717, 1.165) is 0 Å². The van der Waals surface area contributed by atoms with E-state index in [1.807, 2.05) is 0 Å². The first kappa shape index (κ1) is 15.1. The maximum atomic E-state index is 13.0. The van der Waals surface area contributed by atoms with Gasteiger partial charge >= 0.3 is 18.0 Å². The van der Waals surface area contributed by atoms with Crippen LogP contribution in [0.15, 0.2) is 0 Å². The Hall–Kier alpha value is -0.920. The molecule has 3 nitrogen and oxygen atoms in total. The third-order valence-electron chi connectivity index (χ3n) is 3.01. The van der Waals surface area contributed by atoms with E-state index < -0.39 is 24.0 Å². The molecular formula is C10H15F5N2O. The van der Waals surface area contributed by atoms with Crippen molar-refractivity contribution in [2.75, 3.05) is 13.1 Å². The fourth-order valence-electron chi connectivity index (χ4n) is 2.06. The van der Waals surface area contributed by atoms with Crippen LogP contribution in [-0.4, -0.2) is 42.0 Å². The van der Waals surface area contributed by atoms with Gasteiger partial charge in [-0.2, -0.15) is 22.0 Å². The van der Waals surface area contributed by atoms with Gasteiger partial charge in [0.1, 0.15) is 0 Å². The van der Waals surface area contributed by atoms with E-state index in [4.69, 9.17) is 5.73 Å². The quantitative estimate of drug-likeness (QED) is 0.799. The van der Waals surface area contributed by atoms with Gasteiger partial charge < -0.3 is 10.6 Å². The second-order valence-electron chi connectivity index (χ2n) is 4.30. The molecule has 1 amide bonds. The molecular weight excluding hydrogens is 259 g/mol. The summed E-state index contributed by atoms with van der Waals surface area (Å²) >= 11 is 0. The van der Waals surface area contributed by atoms with E-state index in [0.29, 0.717) is 24.2 Å². The molecule has 0 aliphatic carbocycles. The van der Waals surface area contributed by atoms with Crippen LogP contribution in [0.1, 0.15) is 25.7 Å². The summed E-state index contributed by atoms with van der Waals surface area (Å²) in [6.07, 6.45) is -4.07. The molecule has 0 bridgehead atoms. The number of halogens is 5. The number of amides is 1. The molecule has 1 fully saturated rings. The number of nitrogens with zero attached hydrogens (tertiary/aromatic N) is 1. The van der Waals surface area contributed by atoms with Crippen LogP contribution < -0.4 is 5.73 Å². The molecule has 0 spiro atoms. The number of carbonyl (C=O) groups is 1. The zero-order chi connectivity index (χ0) is 14.0. The molecule has 106 valence electrons. The Bertz CT molecular complexity index is 303. The summed E-state index contributed by atoms with van der Waals surface area (Å²) in [5.41, 5.74) is 5.27. The van der Waals surface area contributed by atoms with E-state index in [1.165, 1.54) is 0 Å². The molecule has 0 aromatic carbocycles. The Balaban J connectivity index is 2.86. The summed E-state index contributed by atoms with van der Waals surface area (Å²) < 4.78 is 62.3. The minimum atomic E-state index is -5.85. The highest BCUT2D eigenvalue weighted by Crippen LogP contribution is 2.38. The molecule has 1 aliphatic heterocycles. The average molecular weight is 274 g/mol. The SMILES string of the molecule is NCCC1CCCCN1C(=O)C(F)(F)C(F)(F)F. The molecule has 18 heavy (non-hydrogen) atoms. The lowest BCUT2D eigenvalue weighted by atomic mass is 9.98. The van der Waals surface area contributed by atoms with E-state index in [2.05, 4.69) is 0 Å². The zero-order valence-corrected chi connectivity index (χ0v) is 9.64. The van der Waals surface area contributed by atoms with E-state index >= 15 is 0 Å². The van der Waals surface area contributed by atoms with Crippen LogP contribution in [0.4, 0.5) is 22.0 Å². The lowest BCUT2D eigenvalue weighted by molar-refractivity contribution is -0.275. The third kappa shape index (κ3) is 2.90. The van der Waals surface area contributed by atoms with Gasteiger partial charge in [-0.05, 0) is 32.2 Å². The topological polar surface area (TPSA) is 46.3 Å². The van der Waals surface area contributed by atoms with Crippen LogP contribution in [0.5, 0.6) is 0 Å². The van der Waals surface area contributed by atoms with Gasteiger partial charge in [0.15, 0.2) is 0 Å². The molecule has 1 aliphatic rings. The predicted molar refractivity (Wildman–Crippen MR) is 54.0 cm³/mol. The Labute approximate surface area is 101 Å². The smallest absolute Gasteiger partial charge is 0.334 e. The number of likely N-dealkylation sites (tertiary alicyclic amines) is 1. The van der Waals surface area contributed by atoms with Crippen LogP contribution in [-0.2, 0) is 4.79 Å². The number of rotatable bonds is 3. The Kier molecular flexibility index (Phi) is 4.52. The zero-order valence-electron chi connectivity index (χ0n) is 9.64. The van der Waals surface area contributed by atoms with Crippen LogP contribution in [0.25, 0.3) is 0 Å². The van der Waals surface area contributed by atoms with Gasteiger partial charge in [0.05, 0.1) is 0 Å². The summed E-state index contributed by atoms with van der Waals surface area (Å²) in [6.45, 7) is 0.0706. The van der Waals surface area contributed by atoms with Gasteiger partial charge in [0.2, 0.25) is 0 Å². The standard InChI is InChI=1S/C10H15F5N2O/c11-9(12,10(13,14)15)8(18)17-6-2-1-3-7(17)4-5-16/h7H,1-6,16H2. The van der Waals surface area contributed by atoms with Crippen molar-refractivity contribution in [1.29, 1.82) is 0 Å². The first-order chi connectivity index (χ1) is 8.21. The van der Waals surface area contributed by atoms with Crippen molar-refractivity contribution >= 4 is 5.91 Å². The molecule has 1 unspecified atom stereocenters. The summed E-state index contributed by atoms with van der Waals surface area (Å²) in [7, 11) is 0. The monoisotopic (exact) mass is 274 g/mol. The number of nitrogens with two attached hydrogens (primary N) is 1. The van der Waals surface area contributed by atoms with Crippen LogP contribution in [0, 0.1) is 0 Å². The first-order valence-electron chi connectivity index (χ1n) is 5.67. The summed E-state index contributed by atoms with van der Waals surface area (Å²) in [5, 5.41) is 0. The molecule has 0 radical (unpaired) electrons. The minimum absolute atomic E-state index is 0.0742. The maximum absolute atomic E-state index is 13.0. The van der Waals surface area contributed by atoms with Gasteiger partial charge in [-0.1, -0.05) is 0 Å². The fourth-order valence-corrected chi connectivity index (χ4v) is 2.06. The van der Waals surface area contributed by atoms with Crippen molar-refractivity contribution in [2.24, 2.45) is 5.73 Å². The third-order valence-corrected chi connectivity index (χ3v) is 3.01. The van der Waals surface area contributed by atoms with Crippen molar-refractivity contribution < 1.29 is 26.7 Å². The van der Waals surface area contributed by atoms with E-state index in [1.54, 1.807) is 0 Å². The number of piperidine rings is 1. The molecule has 1 saturated heterocycles. The molecule has 0 saturated carbocycles. The molecule has 1 atom stereocenters. The van der Waals surface area contributed by atoms with Crippen LogP contribution in [0.3, 0.4) is 0 Å². The number of carbonyl (C=O) groups excluding carboxylic acids is 1. The molecule has 8 heteroatoms. The van der Waals surface area contributed by atoms with Crippen molar-refractivity contribution in [3.8, 4) is 0 Å². The van der Waals surface area contributed by atoms with Gasteiger partial charge in [0, 0.05) is 12.6 Å². The fraction of sp³-hybridized carbons (Fsp3) is 0.900. The lowest BCUT2D eigenvalue weighted by Crippen LogP contribution is -2.56. The molecule has 1 heterocycles. The second-order valence-corrected chi connectivity index (χ2v) is 4.30. The number of hydrogen-bond donors (Lipinski definition) is 1. The Morgan fingerprint density at radius 2 is 1.83 bits per heavy atom. The lowest BCUT2D eigenvalue weighted by Gasteiger charge is -2.37. The van der Waals surface area contributed by atoms with E-state index in [-0.39, 0.29) is 19.5 Å². The summed E-state index contributed by atoms with van der Waals surface area (Å²) in [6, 6.07) is -0.621. The van der Waals surface area contributed by atoms with Crippen molar-refractivity contribution in [1.82, 2.24) is 4.90 Å². The predicted octanol–water partition coefficient (Wildman–Crippen LogP) is 1.91. The highest BCUT2D eigenvalue weighted by molar-refractivity contribution is 5.84. The van der Waals surface area contributed by atoms with Gasteiger partial charge in [-0.3, -0.25) is 4.79 Å². The molecule has 0 aromatic rings. The summed E-state index contributed by atoms with van der Waals surface area (Å²) in [5.74, 6) is -7.48. The van der Waals surface area contributed by atoms with Crippen molar-refractivity contribution in [2.45, 2.75) is 43.8 Å². The normalized spacial score (nSPS) is 22.1. The molecule has 0 aromatic heterocycles. The second kappa shape index (κ2) is 5.38. The van der Waals surface area contributed by atoms with Gasteiger partial charge in [-0.15, -0.1) is 0 Å². The van der Waals surface area contributed by atoms with Crippen LogP contribution in [0.2, 0.25) is 0 Å². The van der Waals surface area contributed by atoms with Crippen LogP contribution >= 0.6 is 0 Å². The molecule has 2 N–H and O–H groups in total. The first-order valence-corrected chi connectivity index (χ1v) is 5.67. The van der Waals surface area contributed by atoms with Crippen molar-refractivity contribution in [3.05, 3.63) is 0 Å². The van der Waals surface area contributed by atoms with Gasteiger partial charge in [-0.25, -0.2) is 0 Å².